The number of amides is 1. The van der Waals surface area contributed by atoms with Gasteiger partial charge in [-0.3, -0.25) is 9.59 Å². The van der Waals surface area contributed by atoms with Crippen molar-refractivity contribution < 1.29 is 19.4 Å². The summed E-state index contributed by atoms with van der Waals surface area (Å²) in [6.07, 6.45) is -0.217. The van der Waals surface area contributed by atoms with Crippen molar-refractivity contribution in [1.82, 2.24) is 0 Å². The highest BCUT2D eigenvalue weighted by molar-refractivity contribution is 5.92. The first-order valence-corrected chi connectivity index (χ1v) is 6.92. The number of hydrogen-bond acceptors (Lipinski definition) is 3. The van der Waals surface area contributed by atoms with Crippen LogP contribution in [0.2, 0.25) is 0 Å². The molecule has 5 nitrogen and oxygen atoms in total. The van der Waals surface area contributed by atoms with Gasteiger partial charge in [-0.05, 0) is 29.8 Å². The second-order valence-electron chi connectivity index (χ2n) is 4.74. The van der Waals surface area contributed by atoms with Gasteiger partial charge in [0.2, 0.25) is 5.91 Å². The van der Waals surface area contributed by atoms with E-state index in [1.54, 1.807) is 24.3 Å². The molecule has 114 valence electrons. The lowest BCUT2D eigenvalue weighted by molar-refractivity contribution is -0.138. The summed E-state index contributed by atoms with van der Waals surface area (Å²) in [4.78, 5) is 21.9. The van der Waals surface area contributed by atoms with Gasteiger partial charge in [-0.2, -0.15) is 0 Å². The molecule has 22 heavy (non-hydrogen) atoms. The van der Waals surface area contributed by atoms with Crippen molar-refractivity contribution in [3.8, 4) is 5.75 Å². The van der Waals surface area contributed by atoms with E-state index >= 15 is 0 Å². The largest absolute Gasteiger partial charge is 0.489 e. The molecular weight excluding hydrogens is 282 g/mol. The third kappa shape index (κ3) is 5.28. The van der Waals surface area contributed by atoms with E-state index in [9.17, 15) is 9.59 Å². The van der Waals surface area contributed by atoms with E-state index in [1.807, 2.05) is 30.3 Å². The first kappa shape index (κ1) is 15.6. The van der Waals surface area contributed by atoms with Crippen molar-refractivity contribution in [2.45, 2.75) is 19.4 Å². The Morgan fingerprint density at radius 2 is 1.64 bits per heavy atom. The normalized spacial score (nSPS) is 10.0. The molecule has 2 aromatic rings. The minimum Gasteiger partial charge on any atom is -0.489 e. The Morgan fingerprint density at radius 1 is 0.955 bits per heavy atom. The molecule has 2 rings (SSSR count). The number of carboxylic acid groups (broad SMARTS) is 1. The van der Waals surface area contributed by atoms with Gasteiger partial charge >= 0.3 is 5.97 Å². The predicted molar refractivity (Wildman–Crippen MR) is 82.7 cm³/mol. The second-order valence-corrected chi connectivity index (χ2v) is 4.74. The Balaban J connectivity index is 1.82. The molecule has 0 aliphatic rings. The lowest BCUT2D eigenvalue weighted by Gasteiger charge is -2.08. The van der Waals surface area contributed by atoms with Gasteiger partial charge in [-0.15, -0.1) is 0 Å². The van der Waals surface area contributed by atoms with Crippen LogP contribution in [0.5, 0.6) is 5.75 Å². The van der Waals surface area contributed by atoms with Crippen molar-refractivity contribution in [1.29, 1.82) is 0 Å². The van der Waals surface area contributed by atoms with Gasteiger partial charge < -0.3 is 15.2 Å². The molecule has 0 saturated heterocycles. The lowest BCUT2D eigenvalue weighted by Crippen LogP contribution is -2.13. The summed E-state index contributed by atoms with van der Waals surface area (Å²) in [5.41, 5.74) is 1.69. The quantitative estimate of drug-likeness (QED) is 0.824. The summed E-state index contributed by atoms with van der Waals surface area (Å²) in [7, 11) is 0. The maximum atomic E-state index is 11.5. The van der Waals surface area contributed by atoms with Gasteiger partial charge in [0.15, 0.2) is 0 Å². The van der Waals surface area contributed by atoms with Gasteiger partial charge in [0.25, 0.3) is 0 Å². The maximum absolute atomic E-state index is 11.5. The topological polar surface area (TPSA) is 75.6 Å². The summed E-state index contributed by atoms with van der Waals surface area (Å²) in [5, 5.41) is 11.2. The SMILES string of the molecule is O=C(O)CCC(=O)Nc1ccc(OCc2ccccc2)cc1. The number of nitrogens with one attached hydrogen (secondary N) is 1. The molecule has 5 heteroatoms. The van der Waals surface area contributed by atoms with Crippen LogP contribution >= 0.6 is 0 Å². The van der Waals surface area contributed by atoms with Gasteiger partial charge in [0, 0.05) is 12.1 Å². The zero-order valence-electron chi connectivity index (χ0n) is 12.0. The van der Waals surface area contributed by atoms with Gasteiger partial charge in [0.05, 0.1) is 6.42 Å². The standard InChI is InChI=1S/C17H17NO4/c19-16(10-11-17(20)21)18-14-6-8-15(9-7-14)22-12-13-4-2-1-3-5-13/h1-9H,10-12H2,(H,18,19)(H,20,21). The Bertz CT molecular complexity index is 623. The van der Waals surface area contributed by atoms with E-state index in [-0.39, 0.29) is 18.7 Å². The highest BCUT2D eigenvalue weighted by Gasteiger charge is 2.05. The highest BCUT2D eigenvalue weighted by atomic mass is 16.5. The summed E-state index contributed by atoms with van der Waals surface area (Å²) >= 11 is 0. The fourth-order valence-electron chi connectivity index (χ4n) is 1.82. The summed E-state index contributed by atoms with van der Waals surface area (Å²) in [6.45, 7) is 0.477. The molecule has 0 spiro atoms. The Morgan fingerprint density at radius 3 is 2.27 bits per heavy atom. The molecule has 0 unspecified atom stereocenters. The monoisotopic (exact) mass is 299 g/mol. The van der Waals surface area contributed by atoms with Gasteiger partial charge in [-0.1, -0.05) is 30.3 Å². The summed E-state index contributed by atoms with van der Waals surface area (Å²) < 4.78 is 5.64. The van der Waals surface area contributed by atoms with Crippen LogP contribution < -0.4 is 10.1 Å². The van der Waals surface area contributed by atoms with E-state index in [0.717, 1.165) is 5.56 Å². The zero-order valence-corrected chi connectivity index (χ0v) is 12.0. The van der Waals surface area contributed by atoms with Crippen LogP contribution in [0.4, 0.5) is 5.69 Å². The van der Waals surface area contributed by atoms with Gasteiger partial charge in [-0.25, -0.2) is 0 Å². The smallest absolute Gasteiger partial charge is 0.303 e. The van der Waals surface area contributed by atoms with Gasteiger partial charge in [0.1, 0.15) is 12.4 Å². The van der Waals surface area contributed by atoms with E-state index < -0.39 is 5.97 Å². The van der Waals surface area contributed by atoms with E-state index in [1.165, 1.54) is 0 Å². The fourth-order valence-corrected chi connectivity index (χ4v) is 1.82. The number of anilines is 1. The van der Waals surface area contributed by atoms with Crippen LogP contribution in [0.3, 0.4) is 0 Å². The highest BCUT2D eigenvalue weighted by Crippen LogP contribution is 2.17. The van der Waals surface area contributed by atoms with Crippen molar-refractivity contribution in [2.24, 2.45) is 0 Å². The fraction of sp³-hybridized carbons (Fsp3) is 0.176. The lowest BCUT2D eigenvalue weighted by atomic mass is 10.2. The molecule has 2 N–H and O–H groups in total. The zero-order chi connectivity index (χ0) is 15.8. The molecule has 0 bridgehead atoms. The molecular formula is C17H17NO4. The van der Waals surface area contributed by atoms with Crippen LogP contribution in [0.1, 0.15) is 18.4 Å². The maximum Gasteiger partial charge on any atom is 0.303 e. The number of carbonyl (C=O) groups is 2. The Kier molecular flexibility index (Phi) is 5.54. The molecule has 0 radical (unpaired) electrons. The predicted octanol–water partition coefficient (Wildman–Crippen LogP) is 3.07. The van der Waals surface area contributed by atoms with Crippen LogP contribution in [0.25, 0.3) is 0 Å². The number of hydrogen-bond donors (Lipinski definition) is 2. The van der Waals surface area contributed by atoms with Crippen molar-refractivity contribution >= 4 is 17.6 Å². The summed E-state index contributed by atoms with van der Waals surface area (Å²) in [6, 6.07) is 16.8. The minimum atomic E-state index is -0.986. The molecule has 1 amide bonds. The Labute approximate surface area is 128 Å². The van der Waals surface area contributed by atoms with Crippen molar-refractivity contribution in [2.75, 3.05) is 5.32 Å². The number of aliphatic carboxylic acids is 1. The van der Waals surface area contributed by atoms with Crippen LogP contribution in [-0.4, -0.2) is 17.0 Å². The third-order valence-electron chi connectivity index (χ3n) is 2.95. The number of carbonyl (C=O) groups excluding carboxylic acids is 1. The van der Waals surface area contributed by atoms with Crippen LogP contribution in [0.15, 0.2) is 54.6 Å². The number of ether oxygens (including phenoxy) is 1. The molecule has 0 saturated carbocycles. The first-order chi connectivity index (χ1) is 10.6. The van der Waals surface area contributed by atoms with Crippen molar-refractivity contribution in [3.63, 3.8) is 0 Å². The number of rotatable bonds is 7. The molecule has 0 aliphatic heterocycles. The third-order valence-corrected chi connectivity index (χ3v) is 2.95. The molecule has 0 heterocycles. The number of benzene rings is 2. The number of carboxylic acids is 1. The first-order valence-electron chi connectivity index (χ1n) is 6.92. The van der Waals surface area contributed by atoms with Crippen LogP contribution in [-0.2, 0) is 16.2 Å². The van der Waals surface area contributed by atoms with E-state index in [2.05, 4.69) is 5.32 Å². The molecule has 0 aromatic heterocycles. The summed E-state index contributed by atoms with van der Waals surface area (Å²) in [5.74, 6) is -0.604. The van der Waals surface area contributed by atoms with Crippen LogP contribution in [0, 0.1) is 0 Å². The Hall–Kier alpha value is -2.82. The second kappa shape index (κ2) is 7.83. The van der Waals surface area contributed by atoms with E-state index in [0.29, 0.717) is 18.0 Å². The molecule has 0 atom stereocenters. The average molecular weight is 299 g/mol. The molecule has 0 fully saturated rings. The minimum absolute atomic E-state index is 0.0401. The molecule has 2 aromatic carbocycles. The molecule has 0 aliphatic carbocycles. The van der Waals surface area contributed by atoms with Crippen molar-refractivity contribution in [3.05, 3.63) is 60.2 Å². The van der Waals surface area contributed by atoms with E-state index in [4.69, 9.17) is 9.84 Å². The average Bonchev–Trinajstić information content (AvgIpc) is 2.53.